The van der Waals surface area contributed by atoms with Gasteiger partial charge in [-0.05, 0) is 54.8 Å². The fraction of sp³-hybridized carbons (Fsp3) is 0.111. The summed E-state index contributed by atoms with van der Waals surface area (Å²) in [4.78, 5) is 34.7. The molecule has 3 aromatic carbocycles. The van der Waals surface area contributed by atoms with E-state index in [1.165, 1.54) is 6.08 Å². The van der Waals surface area contributed by atoms with Crippen molar-refractivity contribution in [2.24, 2.45) is 0 Å². The van der Waals surface area contributed by atoms with Crippen LogP contribution in [0.2, 0.25) is 0 Å². The first-order chi connectivity index (χ1) is 15.9. The van der Waals surface area contributed by atoms with Crippen LogP contribution in [0.15, 0.2) is 62.9 Å². The highest BCUT2D eigenvalue weighted by atomic mass is 16.4. The topological polar surface area (TPSA) is 86.2 Å². The maximum Gasteiger partial charge on any atom is 0.288 e. The number of hydrogen-bond donors (Lipinski definition) is 0. The maximum absolute atomic E-state index is 13.0. The third-order valence-electron chi connectivity index (χ3n) is 6.02. The highest BCUT2D eigenvalue weighted by Gasteiger charge is 2.34. The second-order valence-electron chi connectivity index (χ2n) is 8.42. The first-order valence-electron chi connectivity index (χ1n) is 10.6. The molecule has 0 amide bonds. The van der Waals surface area contributed by atoms with Crippen molar-refractivity contribution in [3.63, 3.8) is 0 Å². The molecular weight excluding hydrogens is 416 g/mol. The Labute approximate surface area is 188 Å². The van der Waals surface area contributed by atoms with E-state index >= 15 is 0 Å². The van der Waals surface area contributed by atoms with Crippen LogP contribution >= 0.6 is 0 Å². The summed E-state index contributed by atoms with van der Waals surface area (Å²) in [5.41, 5.74) is 5.41. The largest absolute Gasteiger partial charge is 0.415 e. The highest BCUT2D eigenvalue weighted by molar-refractivity contribution is 6.41. The number of aromatic nitrogens is 2. The van der Waals surface area contributed by atoms with Crippen LogP contribution in [-0.2, 0) is 0 Å². The van der Waals surface area contributed by atoms with Crippen LogP contribution in [-0.4, -0.2) is 21.5 Å². The summed E-state index contributed by atoms with van der Waals surface area (Å²) in [6.45, 7) is 6.05. The van der Waals surface area contributed by atoms with E-state index in [2.05, 4.69) is 22.1 Å². The zero-order chi connectivity index (χ0) is 22.9. The Morgan fingerprint density at radius 3 is 1.91 bits per heavy atom. The molecule has 0 aliphatic heterocycles. The van der Waals surface area contributed by atoms with Gasteiger partial charge in [0.15, 0.2) is 11.6 Å². The van der Waals surface area contributed by atoms with Gasteiger partial charge in [0.25, 0.3) is 11.4 Å². The minimum atomic E-state index is -0.338. The second-order valence-corrected chi connectivity index (χ2v) is 8.42. The normalized spacial score (nSPS) is 13.4. The van der Waals surface area contributed by atoms with E-state index in [1.54, 1.807) is 12.1 Å². The van der Waals surface area contributed by atoms with E-state index in [-0.39, 0.29) is 34.5 Å². The third kappa shape index (κ3) is 2.95. The number of nitrogens with zero attached hydrogens (tertiary/aromatic N) is 2. The third-order valence-corrected chi connectivity index (χ3v) is 6.02. The molecule has 0 radical (unpaired) electrons. The smallest absolute Gasteiger partial charge is 0.288 e. The maximum atomic E-state index is 13.0. The van der Waals surface area contributed by atoms with Gasteiger partial charge in [-0.2, -0.15) is 9.97 Å². The number of fused-ring (bicyclic) bond motifs is 3. The van der Waals surface area contributed by atoms with Gasteiger partial charge < -0.3 is 8.83 Å². The average Bonchev–Trinajstić information content (AvgIpc) is 3.39. The summed E-state index contributed by atoms with van der Waals surface area (Å²) in [5, 5.41) is 1.82. The predicted octanol–water partition coefficient (Wildman–Crippen LogP) is 6.02. The van der Waals surface area contributed by atoms with Crippen LogP contribution in [0.25, 0.3) is 39.7 Å². The van der Waals surface area contributed by atoms with Crippen LogP contribution in [0, 0.1) is 20.8 Å². The fourth-order valence-corrected chi connectivity index (χ4v) is 4.61. The number of carbonyl (C=O) groups is 2. The molecule has 0 fully saturated rings. The van der Waals surface area contributed by atoms with E-state index in [9.17, 15) is 9.59 Å². The molecule has 1 aliphatic carbocycles. The van der Waals surface area contributed by atoms with Crippen molar-refractivity contribution in [1.29, 1.82) is 0 Å². The van der Waals surface area contributed by atoms with Gasteiger partial charge in [-0.25, -0.2) is 0 Å². The van der Waals surface area contributed by atoms with E-state index in [1.807, 2.05) is 45.0 Å². The molecule has 2 heterocycles. The quantitative estimate of drug-likeness (QED) is 0.249. The molecule has 1 aliphatic rings. The number of benzene rings is 3. The molecule has 5 aromatic rings. The SMILES string of the molecule is Cc1cc(C)c(-c2nc3oc(C=C4C(=O)c5cc6ccccc6cc5C4=O)nc3o2)c(C)c1. The van der Waals surface area contributed by atoms with Crippen molar-refractivity contribution in [2.75, 3.05) is 0 Å². The van der Waals surface area contributed by atoms with Gasteiger partial charge in [0.2, 0.25) is 11.8 Å². The van der Waals surface area contributed by atoms with Crippen molar-refractivity contribution in [3.8, 4) is 11.5 Å². The van der Waals surface area contributed by atoms with Crippen LogP contribution in [0.4, 0.5) is 0 Å². The highest BCUT2D eigenvalue weighted by Crippen LogP contribution is 2.33. The Balaban J connectivity index is 1.39. The minimum absolute atomic E-state index is 0.0228. The predicted molar refractivity (Wildman–Crippen MR) is 124 cm³/mol. The molecule has 0 atom stereocenters. The van der Waals surface area contributed by atoms with Crippen molar-refractivity contribution in [1.82, 2.24) is 9.97 Å². The van der Waals surface area contributed by atoms with Gasteiger partial charge in [0, 0.05) is 22.8 Å². The lowest BCUT2D eigenvalue weighted by atomic mass is 10.00. The number of aryl methyl sites for hydroxylation is 3. The Kier molecular flexibility index (Phi) is 4.01. The molecule has 160 valence electrons. The number of rotatable bonds is 2. The van der Waals surface area contributed by atoms with Gasteiger partial charge in [-0.1, -0.05) is 42.0 Å². The van der Waals surface area contributed by atoms with E-state index in [0.29, 0.717) is 17.0 Å². The van der Waals surface area contributed by atoms with Crippen molar-refractivity contribution >= 4 is 39.8 Å². The van der Waals surface area contributed by atoms with Crippen molar-refractivity contribution in [2.45, 2.75) is 20.8 Å². The standard InChI is InChI=1S/C27H18N2O4/c1-13-8-14(2)22(15(3)9-13)25-29-27-26(33-25)28-21(32-27)12-20-23(30)18-10-16-6-4-5-7-17(16)11-19(18)24(20)31/h4-12H,1-3H3. The molecule has 2 aromatic heterocycles. The molecule has 0 N–H and O–H groups in total. The first-order valence-corrected chi connectivity index (χ1v) is 10.6. The number of hydrogen-bond acceptors (Lipinski definition) is 6. The molecule has 6 nitrogen and oxygen atoms in total. The summed E-state index contributed by atoms with van der Waals surface area (Å²) in [6, 6.07) is 15.3. The Hall–Kier alpha value is -4.32. The number of ketones is 2. The van der Waals surface area contributed by atoms with Crippen molar-refractivity contribution < 1.29 is 18.4 Å². The van der Waals surface area contributed by atoms with E-state index < -0.39 is 0 Å². The van der Waals surface area contributed by atoms with Gasteiger partial charge in [0.1, 0.15) is 0 Å². The van der Waals surface area contributed by atoms with Crippen LogP contribution in [0.1, 0.15) is 43.3 Å². The second kappa shape index (κ2) is 6.84. The zero-order valence-corrected chi connectivity index (χ0v) is 18.2. The number of oxazole rings is 2. The molecule has 0 saturated heterocycles. The lowest BCUT2D eigenvalue weighted by Gasteiger charge is -2.07. The molecule has 0 unspecified atom stereocenters. The lowest BCUT2D eigenvalue weighted by molar-refractivity contribution is 0.0990. The summed E-state index contributed by atoms with van der Waals surface area (Å²) in [5.74, 6) is -0.142. The number of allylic oxidation sites excluding steroid dienone is 1. The van der Waals surface area contributed by atoms with Gasteiger partial charge in [0.05, 0.1) is 5.57 Å². The van der Waals surface area contributed by atoms with Gasteiger partial charge in [-0.3, -0.25) is 9.59 Å². The average molecular weight is 434 g/mol. The molecule has 0 bridgehead atoms. The van der Waals surface area contributed by atoms with Gasteiger partial charge in [-0.15, -0.1) is 0 Å². The molecule has 6 heteroatoms. The van der Waals surface area contributed by atoms with Gasteiger partial charge >= 0.3 is 0 Å². The van der Waals surface area contributed by atoms with E-state index in [4.69, 9.17) is 8.83 Å². The fourth-order valence-electron chi connectivity index (χ4n) is 4.61. The Morgan fingerprint density at radius 1 is 0.758 bits per heavy atom. The summed E-state index contributed by atoms with van der Waals surface area (Å²) < 4.78 is 11.6. The molecule has 33 heavy (non-hydrogen) atoms. The first kappa shape index (κ1) is 19.4. The van der Waals surface area contributed by atoms with Crippen LogP contribution < -0.4 is 0 Å². The summed E-state index contributed by atoms with van der Waals surface area (Å²) >= 11 is 0. The molecular formula is C27H18N2O4. The molecule has 6 rings (SSSR count). The number of Topliss-reactive ketones (excluding diaryl/α,β-unsaturated/α-hetero) is 2. The zero-order valence-electron chi connectivity index (χ0n) is 18.2. The molecule has 0 saturated carbocycles. The monoisotopic (exact) mass is 434 g/mol. The van der Waals surface area contributed by atoms with E-state index in [0.717, 1.165) is 33.0 Å². The summed E-state index contributed by atoms with van der Waals surface area (Å²) in [6.07, 6.45) is 1.37. The molecule has 0 spiro atoms. The van der Waals surface area contributed by atoms with Crippen LogP contribution in [0.5, 0.6) is 0 Å². The number of carbonyl (C=O) groups excluding carboxylic acids is 2. The Morgan fingerprint density at radius 2 is 1.33 bits per heavy atom. The minimum Gasteiger partial charge on any atom is -0.415 e. The lowest BCUT2D eigenvalue weighted by Crippen LogP contribution is -2.00. The van der Waals surface area contributed by atoms with Crippen LogP contribution in [0.3, 0.4) is 0 Å². The summed E-state index contributed by atoms with van der Waals surface area (Å²) in [7, 11) is 0. The Bertz CT molecular complexity index is 1570. The van der Waals surface area contributed by atoms with Crippen molar-refractivity contribution in [3.05, 3.63) is 87.8 Å².